The van der Waals surface area contributed by atoms with Crippen LogP contribution in [0.25, 0.3) is 11.1 Å². The largest absolute Gasteiger partial charge is 0.0843 e. The summed E-state index contributed by atoms with van der Waals surface area (Å²) in [7, 11) is 0. The van der Waals surface area contributed by atoms with Crippen LogP contribution in [0.15, 0.2) is 48.5 Å². The summed E-state index contributed by atoms with van der Waals surface area (Å²) >= 11 is 6.01. The van der Waals surface area contributed by atoms with E-state index in [0.29, 0.717) is 0 Å². The molecular formula is C27H35Cl. The standard InChI is InChI=1S/C27H35Cl/c1-20-2-4-21(5-3-20)6-7-22-8-10-23(11-9-22)24-12-14-25(15-13-24)26-16-18-27(28)19-17-26/h12-23H,2-11H2,1H3/t20-,21-,22?,23?. The monoisotopic (exact) mass is 394 g/mol. The fourth-order valence-electron chi connectivity index (χ4n) is 5.46. The van der Waals surface area contributed by atoms with Crippen LogP contribution in [0, 0.1) is 17.8 Å². The minimum atomic E-state index is 0.769. The third kappa shape index (κ3) is 5.20. The van der Waals surface area contributed by atoms with Gasteiger partial charge in [-0.05, 0) is 78.2 Å². The van der Waals surface area contributed by atoms with Gasteiger partial charge < -0.3 is 0 Å². The topological polar surface area (TPSA) is 0 Å². The maximum Gasteiger partial charge on any atom is 0.0406 e. The molecule has 150 valence electrons. The molecule has 1 heteroatoms. The van der Waals surface area contributed by atoms with Gasteiger partial charge in [-0.2, -0.15) is 0 Å². The van der Waals surface area contributed by atoms with Crippen molar-refractivity contribution in [1.82, 2.24) is 0 Å². The fourth-order valence-corrected chi connectivity index (χ4v) is 5.59. The molecule has 0 bridgehead atoms. The van der Waals surface area contributed by atoms with Crippen molar-refractivity contribution in [1.29, 1.82) is 0 Å². The predicted molar refractivity (Wildman–Crippen MR) is 122 cm³/mol. The summed E-state index contributed by atoms with van der Waals surface area (Å²) in [4.78, 5) is 0. The molecule has 0 nitrogen and oxygen atoms in total. The van der Waals surface area contributed by atoms with Crippen LogP contribution in [0.3, 0.4) is 0 Å². The van der Waals surface area contributed by atoms with E-state index in [1.54, 1.807) is 0 Å². The number of hydrogen-bond donors (Lipinski definition) is 0. The first-order valence-corrected chi connectivity index (χ1v) is 11.9. The maximum absolute atomic E-state index is 6.01. The van der Waals surface area contributed by atoms with Crippen LogP contribution in [0.5, 0.6) is 0 Å². The Labute approximate surface area is 176 Å². The second-order valence-corrected chi connectivity index (χ2v) is 9.99. The highest BCUT2D eigenvalue weighted by Gasteiger charge is 2.24. The Morgan fingerprint density at radius 1 is 0.643 bits per heavy atom. The molecule has 0 radical (unpaired) electrons. The molecule has 2 aliphatic rings. The van der Waals surface area contributed by atoms with Crippen LogP contribution >= 0.6 is 11.6 Å². The van der Waals surface area contributed by atoms with E-state index in [-0.39, 0.29) is 0 Å². The second kappa shape index (κ2) is 9.49. The van der Waals surface area contributed by atoms with Crippen molar-refractivity contribution in [3.63, 3.8) is 0 Å². The minimum absolute atomic E-state index is 0.769. The van der Waals surface area contributed by atoms with Crippen LogP contribution in [-0.2, 0) is 0 Å². The van der Waals surface area contributed by atoms with E-state index in [0.717, 1.165) is 28.7 Å². The van der Waals surface area contributed by atoms with E-state index in [1.807, 2.05) is 12.1 Å². The lowest BCUT2D eigenvalue weighted by Gasteiger charge is -2.31. The SMILES string of the molecule is C[C@H]1CC[C@H](CCC2CCC(c3ccc(-c4ccc(Cl)cc4)cc3)CC2)CC1. The van der Waals surface area contributed by atoms with Crippen LogP contribution in [0.4, 0.5) is 0 Å². The highest BCUT2D eigenvalue weighted by Crippen LogP contribution is 2.40. The van der Waals surface area contributed by atoms with Gasteiger partial charge in [0.25, 0.3) is 0 Å². The van der Waals surface area contributed by atoms with Crippen molar-refractivity contribution in [3.05, 3.63) is 59.1 Å². The van der Waals surface area contributed by atoms with Crippen LogP contribution in [-0.4, -0.2) is 0 Å². The molecule has 2 aromatic rings. The van der Waals surface area contributed by atoms with E-state index in [1.165, 1.54) is 80.9 Å². The third-order valence-corrected chi connectivity index (χ3v) is 7.78. The van der Waals surface area contributed by atoms with Crippen molar-refractivity contribution in [3.8, 4) is 11.1 Å². The molecule has 4 rings (SSSR count). The van der Waals surface area contributed by atoms with Crippen molar-refractivity contribution < 1.29 is 0 Å². The van der Waals surface area contributed by atoms with Gasteiger partial charge in [-0.25, -0.2) is 0 Å². The highest BCUT2D eigenvalue weighted by molar-refractivity contribution is 6.30. The van der Waals surface area contributed by atoms with Gasteiger partial charge in [-0.1, -0.05) is 93.4 Å². The molecule has 2 fully saturated rings. The smallest absolute Gasteiger partial charge is 0.0406 e. The summed E-state index contributed by atoms with van der Waals surface area (Å²) in [5, 5.41) is 0.801. The molecule has 0 N–H and O–H groups in total. The normalized spacial score (nSPS) is 28.2. The van der Waals surface area contributed by atoms with Crippen molar-refractivity contribution in [2.24, 2.45) is 17.8 Å². The van der Waals surface area contributed by atoms with E-state index >= 15 is 0 Å². The van der Waals surface area contributed by atoms with Crippen LogP contribution in [0.1, 0.15) is 82.6 Å². The molecule has 0 aliphatic heterocycles. The molecule has 2 saturated carbocycles. The molecule has 0 heterocycles. The van der Waals surface area contributed by atoms with Crippen molar-refractivity contribution >= 4 is 11.6 Å². The Morgan fingerprint density at radius 3 is 1.64 bits per heavy atom. The summed E-state index contributed by atoms with van der Waals surface area (Å²) in [5.74, 6) is 3.78. The molecule has 2 aliphatic carbocycles. The van der Waals surface area contributed by atoms with Gasteiger partial charge in [-0.15, -0.1) is 0 Å². The number of benzene rings is 2. The molecule has 0 unspecified atom stereocenters. The molecular weight excluding hydrogens is 360 g/mol. The third-order valence-electron chi connectivity index (χ3n) is 7.52. The summed E-state index contributed by atoms with van der Waals surface area (Å²) in [5.41, 5.74) is 4.07. The zero-order valence-corrected chi connectivity index (χ0v) is 18.1. The van der Waals surface area contributed by atoms with Gasteiger partial charge in [0, 0.05) is 5.02 Å². The molecule has 0 atom stereocenters. The van der Waals surface area contributed by atoms with Gasteiger partial charge in [0.15, 0.2) is 0 Å². The average Bonchev–Trinajstić information content (AvgIpc) is 2.74. The van der Waals surface area contributed by atoms with Gasteiger partial charge in [0.05, 0.1) is 0 Å². The van der Waals surface area contributed by atoms with Gasteiger partial charge >= 0.3 is 0 Å². The summed E-state index contributed by atoms with van der Waals surface area (Å²) in [6.45, 7) is 2.43. The maximum atomic E-state index is 6.01. The van der Waals surface area contributed by atoms with E-state index in [4.69, 9.17) is 11.6 Å². The quantitative estimate of drug-likeness (QED) is 0.474. The highest BCUT2D eigenvalue weighted by atomic mass is 35.5. The molecule has 0 spiro atoms. The van der Waals surface area contributed by atoms with E-state index in [9.17, 15) is 0 Å². The lowest BCUT2D eigenvalue weighted by Crippen LogP contribution is -2.16. The van der Waals surface area contributed by atoms with Gasteiger partial charge in [-0.3, -0.25) is 0 Å². The molecule has 28 heavy (non-hydrogen) atoms. The summed E-state index contributed by atoms with van der Waals surface area (Å²) < 4.78 is 0. The first-order chi connectivity index (χ1) is 13.7. The van der Waals surface area contributed by atoms with Gasteiger partial charge in [0.1, 0.15) is 0 Å². The Kier molecular flexibility index (Phi) is 6.78. The lowest BCUT2D eigenvalue weighted by molar-refractivity contribution is 0.237. The second-order valence-electron chi connectivity index (χ2n) is 9.55. The first kappa shape index (κ1) is 20.0. The number of halogens is 1. The Morgan fingerprint density at radius 2 is 1.11 bits per heavy atom. The zero-order chi connectivity index (χ0) is 19.3. The van der Waals surface area contributed by atoms with Crippen LogP contribution < -0.4 is 0 Å². The van der Waals surface area contributed by atoms with E-state index in [2.05, 4.69) is 43.3 Å². The Bertz CT molecular complexity index is 714. The average molecular weight is 395 g/mol. The molecule has 0 saturated heterocycles. The van der Waals surface area contributed by atoms with E-state index < -0.39 is 0 Å². The lowest BCUT2D eigenvalue weighted by atomic mass is 9.74. The molecule has 2 aromatic carbocycles. The summed E-state index contributed by atoms with van der Waals surface area (Å²) in [6.07, 6.45) is 14.6. The van der Waals surface area contributed by atoms with Gasteiger partial charge in [0.2, 0.25) is 0 Å². The number of rotatable bonds is 5. The molecule has 0 amide bonds. The predicted octanol–water partition coefficient (Wildman–Crippen LogP) is 8.89. The minimum Gasteiger partial charge on any atom is -0.0843 e. The summed E-state index contributed by atoms with van der Waals surface area (Å²) in [6, 6.07) is 17.4. The van der Waals surface area contributed by atoms with Crippen LogP contribution in [0.2, 0.25) is 5.02 Å². The first-order valence-electron chi connectivity index (χ1n) is 11.5. The Balaban J connectivity index is 1.25. The fraction of sp³-hybridized carbons (Fsp3) is 0.556. The van der Waals surface area contributed by atoms with Crippen molar-refractivity contribution in [2.45, 2.75) is 77.0 Å². The zero-order valence-electron chi connectivity index (χ0n) is 17.4. The Hall–Kier alpha value is -1.27. The van der Waals surface area contributed by atoms with Crippen molar-refractivity contribution in [2.75, 3.05) is 0 Å². The number of hydrogen-bond acceptors (Lipinski definition) is 0. The molecule has 0 aromatic heterocycles.